The van der Waals surface area contributed by atoms with Gasteiger partial charge >= 0.3 is 0 Å². The van der Waals surface area contributed by atoms with Crippen LogP contribution in [0.3, 0.4) is 0 Å². The summed E-state index contributed by atoms with van der Waals surface area (Å²) in [5.74, 6) is 0.435. The Bertz CT molecular complexity index is 1220. The SMILES string of the molecule is COc1ccc(C(=O)N2CCN(C(=O)CNC(=O)c3ccc(-c4ccccc4)cc3)CC2)cc1OC. The van der Waals surface area contributed by atoms with Crippen molar-refractivity contribution >= 4 is 17.7 Å². The molecule has 1 heterocycles. The average Bonchev–Trinajstić information content (AvgIpc) is 2.95. The van der Waals surface area contributed by atoms with Crippen molar-refractivity contribution in [1.29, 1.82) is 0 Å². The first-order chi connectivity index (χ1) is 17.5. The molecule has 0 atom stereocenters. The zero-order valence-corrected chi connectivity index (χ0v) is 20.4. The van der Waals surface area contributed by atoms with Crippen LogP contribution in [0.2, 0.25) is 0 Å². The minimum absolute atomic E-state index is 0.0944. The summed E-state index contributed by atoms with van der Waals surface area (Å²) in [6, 6.07) is 22.2. The van der Waals surface area contributed by atoms with Gasteiger partial charge in [0.05, 0.1) is 20.8 Å². The molecule has 3 aromatic carbocycles. The summed E-state index contributed by atoms with van der Waals surface area (Å²) in [5, 5.41) is 2.70. The first-order valence-electron chi connectivity index (χ1n) is 11.7. The predicted octanol–water partition coefficient (Wildman–Crippen LogP) is 3.09. The van der Waals surface area contributed by atoms with Crippen molar-refractivity contribution in [3.8, 4) is 22.6 Å². The molecule has 0 radical (unpaired) electrons. The molecule has 1 aliphatic rings. The maximum absolute atomic E-state index is 12.9. The van der Waals surface area contributed by atoms with Gasteiger partial charge in [-0.05, 0) is 41.5 Å². The van der Waals surface area contributed by atoms with Crippen LogP contribution in [0.25, 0.3) is 11.1 Å². The molecule has 1 saturated heterocycles. The van der Waals surface area contributed by atoms with Crippen molar-refractivity contribution in [2.45, 2.75) is 0 Å². The molecule has 3 aromatic rings. The van der Waals surface area contributed by atoms with Crippen molar-refractivity contribution in [2.24, 2.45) is 0 Å². The lowest BCUT2D eigenvalue weighted by Crippen LogP contribution is -2.52. The van der Waals surface area contributed by atoms with Gasteiger partial charge in [-0.1, -0.05) is 42.5 Å². The van der Waals surface area contributed by atoms with Crippen molar-refractivity contribution in [3.05, 3.63) is 83.9 Å². The summed E-state index contributed by atoms with van der Waals surface area (Å²) in [6.45, 7) is 1.53. The molecule has 1 N–H and O–H groups in total. The number of hydrogen-bond acceptors (Lipinski definition) is 5. The fourth-order valence-electron chi connectivity index (χ4n) is 4.13. The van der Waals surface area contributed by atoms with E-state index in [4.69, 9.17) is 9.47 Å². The van der Waals surface area contributed by atoms with E-state index in [1.54, 1.807) is 47.2 Å². The van der Waals surface area contributed by atoms with E-state index >= 15 is 0 Å². The summed E-state index contributed by atoms with van der Waals surface area (Å²) in [6.07, 6.45) is 0. The normalized spacial score (nSPS) is 13.2. The molecule has 1 aliphatic heterocycles. The first-order valence-corrected chi connectivity index (χ1v) is 11.7. The zero-order chi connectivity index (χ0) is 25.5. The van der Waals surface area contributed by atoms with Crippen molar-refractivity contribution in [1.82, 2.24) is 15.1 Å². The Labute approximate surface area is 210 Å². The Morgan fingerprint density at radius 3 is 1.94 bits per heavy atom. The molecule has 36 heavy (non-hydrogen) atoms. The number of carbonyl (C=O) groups excluding carboxylic acids is 3. The highest BCUT2D eigenvalue weighted by atomic mass is 16.5. The lowest BCUT2D eigenvalue weighted by molar-refractivity contribution is -0.131. The number of benzene rings is 3. The van der Waals surface area contributed by atoms with Gasteiger partial charge in [-0.15, -0.1) is 0 Å². The molecule has 4 rings (SSSR count). The lowest BCUT2D eigenvalue weighted by Gasteiger charge is -2.35. The molecule has 0 spiro atoms. The van der Waals surface area contributed by atoms with Crippen LogP contribution in [-0.4, -0.2) is 74.5 Å². The molecule has 186 valence electrons. The van der Waals surface area contributed by atoms with E-state index in [-0.39, 0.29) is 24.3 Å². The summed E-state index contributed by atoms with van der Waals surface area (Å²) in [7, 11) is 3.06. The molecule has 3 amide bonds. The maximum atomic E-state index is 12.9. The van der Waals surface area contributed by atoms with Gasteiger partial charge in [0.25, 0.3) is 11.8 Å². The van der Waals surface area contributed by atoms with Gasteiger partial charge in [0.2, 0.25) is 5.91 Å². The van der Waals surface area contributed by atoms with Gasteiger partial charge in [-0.2, -0.15) is 0 Å². The molecule has 8 heteroatoms. The van der Waals surface area contributed by atoms with Crippen molar-refractivity contribution in [3.63, 3.8) is 0 Å². The van der Waals surface area contributed by atoms with E-state index < -0.39 is 0 Å². The largest absolute Gasteiger partial charge is 0.493 e. The Hall–Kier alpha value is -4.33. The van der Waals surface area contributed by atoms with E-state index in [0.29, 0.717) is 48.8 Å². The van der Waals surface area contributed by atoms with Crippen LogP contribution in [0.1, 0.15) is 20.7 Å². The number of nitrogens with one attached hydrogen (secondary N) is 1. The Morgan fingerprint density at radius 1 is 0.722 bits per heavy atom. The van der Waals surface area contributed by atoms with E-state index in [0.717, 1.165) is 11.1 Å². The fourth-order valence-corrected chi connectivity index (χ4v) is 4.13. The Kier molecular flexibility index (Phi) is 7.85. The van der Waals surface area contributed by atoms with Crippen LogP contribution in [-0.2, 0) is 4.79 Å². The average molecular weight is 488 g/mol. The number of methoxy groups -OCH3 is 2. The number of ether oxygens (including phenoxy) is 2. The van der Waals surface area contributed by atoms with Gasteiger partial charge in [-0.25, -0.2) is 0 Å². The molecular weight excluding hydrogens is 458 g/mol. The van der Waals surface area contributed by atoms with Crippen molar-refractivity contribution in [2.75, 3.05) is 46.9 Å². The number of nitrogens with zero attached hydrogens (tertiary/aromatic N) is 2. The number of rotatable bonds is 7. The first kappa shape index (κ1) is 24.8. The second-order valence-electron chi connectivity index (χ2n) is 8.37. The molecular formula is C28H29N3O5. The number of piperazine rings is 1. The summed E-state index contributed by atoms with van der Waals surface area (Å²) < 4.78 is 10.5. The van der Waals surface area contributed by atoms with Crippen LogP contribution in [0, 0.1) is 0 Å². The number of carbonyl (C=O) groups is 3. The van der Waals surface area contributed by atoms with Gasteiger partial charge in [0.15, 0.2) is 11.5 Å². The minimum atomic E-state index is -0.301. The molecule has 0 unspecified atom stereocenters. The van der Waals surface area contributed by atoms with Gasteiger partial charge in [-0.3, -0.25) is 14.4 Å². The molecule has 0 aliphatic carbocycles. The molecule has 8 nitrogen and oxygen atoms in total. The third-order valence-corrected chi connectivity index (χ3v) is 6.20. The Balaban J connectivity index is 1.26. The minimum Gasteiger partial charge on any atom is -0.493 e. The topological polar surface area (TPSA) is 88.2 Å². The lowest BCUT2D eigenvalue weighted by atomic mass is 10.0. The van der Waals surface area contributed by atoms with Gasteiger partial charge in [0.1, 0.15) is 0 Å². The third-order valence-electron chi connectivity index (χ3n) is 6.20. The maximum Gasteiger partial charge on any atom is 0.254 e. The summed E-state index contributed by atoms with van der Waals surface area (Å²) in [5.41, 5.74) is 3.08. The van der Waals surface area contributed by atoms with Crippen LogP contribution in [0.15, 0.2) is 72.8 Å². The monoisotopic (exact) mass is 487 g/mol. The molecule has 1 fully saturated rings. The second-order valence-corrected chi connectivity index (χ2v) is 8.37. The Morgan fingerprint density at radius 2 is 1.31 bits per heavy atom. The van der Waals surface area contributed by atoms with E-state index in [2.05, 4.69) is 5.32 Å². The van der Waals surface area contributed by atoms with Gasteiger partial charge in [0, 0.05) is 37.3 Å². The number of amides is 3. The van der Waals surface area contributed by atoms with E-state index in [9.17, 15) is 14.4 Å². The fraction of sp³-hybridized carbons (Fsp3) is 0.250. The highest BCUT2D eigenvalue weighted by molar-refractivity contribution is 5.97. The second kappa shape index (κ2) is 11.4. The third kappa shape index (κ3) is 5.66. The summed E-state index contributed by atoms with van der Waals surface area (Å²) >= 11 is 0. The van der Waals surface area contributed by atoms with E-state index in [1.807, 2.05) is 42.5 Å². The standard InChI is InChI=1S/C28H29N3O5/c1-35-24-13-12-23(18-25(24)36-2)28(34)31-16-14-30(15-17-31)26(32)19-29-27(33)22-10-8-21(9-11-22)20-6-4-3-5-7-20/h3-13,18H,14-17,19H2,1-2H3,(H,29,33). The summed E-state index contributed by atoms with van der Waals surface area (Å²) in [4.78, 5) is 41.4. The smallest absolute Gasteiger partial charge is 0.254 e. The highest BCUT2D eigenvalue weighted by Crippen LogP contribution is 2.28. The van der Waals surface area contributed by atoms with Crippen LogP contribution in [0.4, 0.5) is 0 Å². The number of hydrogen-bond donors (Lipinski definition) is 1. The van der Waals surface area contributed by atoms with Crippen molar-refractivity contribution < 1.29 is 23.9 Å². The van der Waals surface area contributed by atoms with Crippen LogP contribution < -0.4 is 14.8 Å². The molecule has 0 bridgehead atoms. The van der Waals surface area contributed by atoms with E-state index in [1.165, 1.54) is 7.11 Å². The zero-order valence-electron chi connectivity index (χ0n) is 20.4. The van der Waals surface area contributed by atoms with Crippen LogP contribution in [0.5, 0.6) is 11.5 Å². The predicted molar refractivity (Wildman–Crippen MR) is 136 cm³/mol. The molecule has 0 saturated carbocycles. The van der Waals surface area contributed by atoms with Gasteiger partial charge < -0.3 is 24.6 Å². The molecule has 0 aromatic heterocycles. The van der Waals surface area contributed by atoms with Crippen LogP contribution >= 0.6 is 0 Å². The quantitative estimate of drug-likeness (QED) is 0.553. The highest BCUT2D eigenvalue weighted by Gasteiger charge is 2.25.